The maximum Gasteiger partial charge on any atom is 0.266 e. The smallest absolute Gasteiger partial charge is 0.266 e. The molecule has 1 aliphatic heterocycles. The van der Waals surface area contributed by atoms with Gasteiger partial charge in [0.2, 0.25) is 0 Å². The first-order valence-electron chi connectivity index (χ1n) is 16.2. The lowest BCUT2D eigenvalue weighted by molar-refractivity contribution is -0.0594. The van der Waals surface area contributed by atoms with Crippen molar-refractivity contribution in [3.8, 4) is 11.8 Å². The average molecular weight is 517 g/mol. The number of hydrogen-bond donors (Lipinski definition) is 0. The van der Waals surface area contributed by atoms with Crippen molar-refractivity contribution in [3.05, 3.63) is 12.2 Å². The Bertz CT molecular complexity index is 715. The number of ether oxygens (including phenoxy) is 1. The fourth-order valence-corrected chi connectivity index (χ4v) is 8.46. The van der Waals surface area contributed by atoms with E-state index < -0.39 is 6.08 Å². The van der Waals surface area contributed by atoms with Crippen LogP contribution in [0.5, 0.6) is 0 Å². The second-order valence-electron chi connectivity index (χ2n) is 13.2. The molecule has 2 atom stereocenters. The van der Waals surface area contributed by atoms with Crippen LogP contribution in [0.1, 0.15) is 135 Å². The van der Waals surface area contributed by atoms with Crippen LogP contribution in [0.2, 0.25) is 0 Å². The van der Waals surface area contributed by atoms with Gasteiger partial charge in [0.1, 0.15) is 0 Å². The first-order chi connectivity index (χ1) is 18.1. The highest BCUT2D eigenvalue weighted by Crippen LogP contribution is 2.43. The first-order valence-corrected chi connectivity index (χ1v) is 16.2. The molecule has 3 saturated carbocycles. The highest BCUT2D eigenvalue weighted by molar-refractivity contribution is 5.02. The van der Waals surface area contributed by atoms with Gasteiger partial charge in [-0.15, -0.1) is 11.8 Å². The van der Waals surface area contributed by atoms with Gasteiger partial charge < -0.3 is 4.74 Å². The first kappa shape index (κ1) is 29.1. The lowest BCUT2D eigenvalue weighted by atomic mass is 9.68. The van der Waals surface area contributed by atoms with Gasteiger partial charge in [0.05, 0.1) is 6.10 Å². The minimum atomic E-state index is -1.54. The summed E-state index contributed by atoms with van der Waals surface area (Å²) in [5.74, 6) is 12.4. The monoisotopic (exact) mass is 516 g/mol. The fourth-order valence-electron chi connectivity index (χ4n) is 8.46. The fraction of sp³-hybridized carbons (Fsp3) is 0.882. The van der Waals surface area contributed by atoms with Gasteiger partial charge in [0.25, 0.3) is 6.08 Å². The van der Waals surface area contributed by atoms with Gasteiger partial charge in [0.15, 0.2) is 0 Å². The van der Waals surface area contributed by atoms with Gasteiger partial charge in [-0.05, 0) is 126 Å². The lowest BCUT2D eigenvalue weighted by Gasteiger charge is -2.38. The zero-order chi connectivity index (χ0) is 25.9. The predicted octanol–water partition coefficient (Wildman–Crippen LogP) is 10.3. The molecule has 1 heterocycles. The molecule has 4 rings (SSSR count). The topological polar surface area (TPSA) is 9.23 Å². The van der Waals surface area contributed by atoms with Gasteiger partial charge >= 0.3 is 0 Å². The van der Waals surface area contributed by atoms with Gasteiger partial charge in [-0.3, -0.25) is 0 Å². The number of rotatable bonds is 10. The maximum absolute atomic E-state index is 12.2. The van der Waals surface area contributed by atoms with Gasteiger partial charge in [0, 0.05) is 12.5 Å². The number of hydrogen-bond acceptors (Lipinski definition) is 1. The molecule has 2 unspecified atom stereocenters. The van der Waals surface area contributed by atoms with Crippen LogP contribution in [0, 0.1) is 53.3 Å². The summed E-state index contributed by atoms with van der Waals surface area (Å²) < 4.78 is 30.7. The van der Waals surface area contributed by atoms with Crippen molar-refractivity contribution in [2.75, 3.05) is 6.61 Å². The van der Waals surface area contributed by atoms with Crippen molar-refractivity contribution in [2.24, 2.45) is 41.4 Å². The Hall–Kier alpha value is -0.880. The number of allylic oxidation sites excluding steroid dienone is 1. The summed E-state index contributed by atoms with van der Waals surface area (Å²) >= 11 is 0. The maximum atomic E-state index is 12.2. The van der Waals surface area contributed by atoms with E-state index in [2.05, 4.69) is 11.8 Å². The molecule has 210 valence electrons. The molecular formula is C34H54F2O. The Labute approximate surface area is 227 Å². The molecule has 0 aromatic rings. The molecule has 1 nitrogen and oxygen atoms in total. The zero-order valence-corrected chi connectivity index (χ0v) is 23.7. The summed E-state index contributed by atoms with van der Waals surface area (Å²) in [5.41, 5.74) is 0. The third-order valence-corrected chi connectivity index (χ3v) is 10.8. The molecule has 0 amide bonds. The van der Waals surface area contributed by atoms with Crippen LogP contribution in [-0.4, -0.2) is 12.7 Å². The summed E-state index contributed by atoms with van der Waals surface area (Å²) in [6.07, 6.45) is 26.4. The van der Waals surface area contributed by atoms with Crippen molar-refractivity contribution >= 4 is 0 Å². The van der Waals surface area contributed by atoms with Crippen LogP contribution in [0.25, 0.3) is 0 Å². The van der Waals surface area contributed by atoms with E-state index in [1.54, 1.807) is 0 Å². The van der Waals surface area contributed by atoms with Crippen LogP contribution in [0.15, 0.2) is 12.2 Å². The third kappa shape index (κ3) is 9.67. The molecule has 3 heteroatoms. The van der Waals surface area contributed by atoms with Crippen molar-refractivity contribution in [3.63, 3.8) is 0 Å². The van der Waals surface area contributed by atoms with Gasteiger partial charge in [-0.1, -0.05) is 51.4 Å². The van der Waals surface area contributed by atoms with Crippen LogP contribution in [0.3, 0.4) is 0 Å². The summed E-state index contributed by atoms with van der Waals surface area (Å²) in [6, 6.07) is 0. The van der Waals surface area contributed by atoms with E-state index in [9.17, 15) is 8.78 Å². The highest BCUT2D eigenvalue weighted by Gasteiger charge is 2.32. The Kier molecular flexibility index (Phi) is 12.3. The van der Waals surface area contributed by atoms with E-state index >= 15 is 0 Å². The van der Waals surface area contributed by atoms with Gasteiger partial charge in [-0.2, -0.15) is 8.78 Å². The van der Waals surface area contributed by atoms with E-state index in [0.717, 1.165) is 61.5 Å². The van der Waals surface area contributed by atoms with E-state index in [-0.39, 0.29) is 0 Å². The minimum absolute atomic E-state index is 0.431. The summed E-state index contributed by atoms with van der Waals surface area (Å²) in [6.45, 7) is 2.77. The third-order valence-electron chi connectivity index (χ3n) is 10.8. The van der Waals surface area contributed by atoms with E-state index in [1.807, 2.05) is 6.92 Å². The average Bonchev–Trinajstić information content (AvgIpc) is 2.93. The molecular weight excluding hydrogens is 462 g/mol. The second kappa shape index (κ2) is 15.6. The van der Waals surface area contributed by atoms with E-state index in [4.69, 9.17) is 4.74 Å². The lowest BCUT2D eigenvalue weighted by Crippen LogP contribution is -2.34. The van der Waals surface area contributed by atoms with Crippen molar-refractivity contribution in [2.45, 2.75) is 141 Å². The molecule has 0 N–H and O–H groups in total. The summed E-state index contributed by atoms with van der Waals surface area (Å²) in [7, 11) is 0. The Morgan fingerprint density at radius 1 is 0.676 bits per heavy atom. The SMILES string of the molecule is CC#CC1CCC(C2CCC(CCCCC3CCC(C4CCC(CCC=C(F)F)CO4)CC3)CC2)CC1. The largest absolute Gasteiger partial charge is 0.378 e. The van der Waals surface area contributed by atoms with Gasteiger partial charge in [-0.25, -0.2) is 0 Å². The van der Waals surface area contributed by atoms with Crippen LogP contribution < -0.4 is 0 Å². The zero-order valence-electron chi connectivity index (χ0n) is 23.7. The Balaban J connectivity index is 1.01. The Morgan fingerprint density at radius 3 is 1.73 bits per heavy atom. The summed E-state index contributed by atoms with van der Waals surface area (Å²) in [4.78, 5) is 0. The Morgan fingerprint density at radius 2 is 1.22 bits per heavy atom. The second-order valence-corrected chi connectivity index (χ2v) is 13.2. The van der Waals surface area contributed by atoms with Crippen molar-refractivity contribution < 1.29 is 13.5 Å². The van der Waals surface area contributed by atoms with Crippen molar-refractivity contribution in [1.29, 1.82) is 0 Å². The molecule has 4 aliphatic rings. The number of unbranched alkanes of at least 4 members (excludes halogenated alkanes) is 1. The molecule has 1 saturated heterocycles. The molecule has 0 radical (unpaired) electrons. The molecule has 4 fully saturated rings. The minimum Gasteiger partial charge on any atom is -0.378 e. The normalized spacial score (nSPS) is 36.8. The molecule has 37 heavy (non-hydrogen) atoms. The summed E-state index contributed by atoms with van der Waals surface area (Å²) in [5, 5.41) is 0. The predicted molar refractivity (Wildman–Crippen MR) is 150 cm³/mol. The standard InChI is InChI=1S/C34H54F2O/c1-2-6-26-11-18-30(19-12-26)31-20-13-27(14-21-31)7-3-4-8-28-15-22-32(23-16-28)33-24-17-29(25-37-33)9-5-10-34(35)36/h10,26-33H,3-5,7-9,11-25H2,1H3. The molecule has 0 spiro atoms. The highest BCUT2D eigenvalue weighted by atomic mass is 19.3. The van der Waals surface area contributed by atoms with E-state index in [0.29, 0.717) is 24.4 Å². The van der Waals surface area contributed by atoms with E-state index in [1.165, 1.54) is 103 Å². The van der Waals surface area contributed by atoms with Crippen LogP contribution in [0.4, 0.5) is 8.78 Å². The van der Waals surface area contributed by atoms with Crippen LogP contribution in [-0.2, 0) is 4.74 Å². The molecule has 0 aromatic heterocycles. The molecule has 0 bridgehead atoms. The van der Waals surface area contributed by atoms with Crippen LogP contribution >= 0.6 is 0 Å². The molecule has 0 aromatic carbocycles. The van der Waals surface area contributed by atoms with Crippen molar-refractivity contribution in [1.82, 2.24) is 0 Å². The quantitative estimate of drug-likeness (QED) is 0.207. The number of halogens is 2. The molecule has 3 aliphatic carbocycles.